The van der Waals surface area contributed by atoms with Crippen LogP contribution < -0.4 is 14.2 Å². The van der Waals surface area contributed by atoms with Crippen molar-refractivity contribution < 1.29 is 53.1 Å². The normalized spacial score (nSPS) is 15.0. The average molecular weight is 603 g/mol. The van der Waals surface area contributed by atoms with E-state index >= 15 is 4.39 Å². The summed E-state index contributed by atoms with van der Waals surface area (Å²) >= 11 is 0. The predicted octanol–water partition coefficient (Wildman–Crippen LogP) is 3.29. The van der Waals surface area contributed by atoms with Gasteiger partial charge in [0, 0.05) is 51.0 Å². The maximum Gasteiger partial charge on any atom is 0.306 e. The highest BCUT2D eigenvalue weighted by Crippen LogP contribution is 2.39. The molecule has 0 bridgehead atoms. The molecule has 0 saturated carbocycles. The van der Waals surface area contributed by atoms with E-state index in [1.54, 1.807) is 17.0 Å². The highest BCUT2D eigenvalue weighted by Gasteiger charge is 2.31. The third kappa shape index (κ3) is 7.09. The van der Waals surface area contributed by atoms with Crippen molar-refractivity contribution in [3.05, 3.63) is 46.3 Å². The number of aliphatic carboxylic acids is 2. The number of aromatic hydroxyl groups is 1. The summed E-state index contributed by atoms with van der Waals surface area (Å²) in [7, 11) is 1.49. The molecular weight excluding hydrogens is 567 g/mol. The summed E-state index contributed by atoms with van der Waals surface area (Å²) in [6.45, 7) is 3.78. The average Bonchev–Trinajstić information content (AvgIpc) is 3.58. The largest absolute Gasteiger partial charge is 0.504 e. The van der Waals surface area contributed by atoms with Gasteiger partial charge >= 0.3 is 11.9 Å². The molecular formula is C30H35FN2O10. The van der Waals surface area contributed by atoms with E-state index in [1.807, 2.05) is 0 Å². The van der Waals surface area contributed by atoms with Gasteiger partial charge in [0.25, 0.3) is 0 Å². The minimum absolute atomic E-state index is 0.0132. The number of phenolic OH excluding ortho intramolecular Hbond substituents is 1. The minimum atomic E-state index is -1.09. The fourth-order valence-electron chi connectivity index (χ4n) is 5.01. The molecule has 2 unspecified atom stereocenters. The Bertz CT molecular complexity index is 1430. The number of carboxylic acid groups (broad SMARTS) is 2. The summed E-state index contributed by atoms with van der Waals surface area (Å²) in [5.41, 5.74) is 2.39. The van der Waals surface area contributed by atoms with Crippen molar-refractivity contribution >= 4 is 23.8 Å². The highest BCUT2D eigenvalue weighted by molar-refractivity contribution is 5.83. The lowest BCUT2D eigenvalue weighted by molar-refractivity contribution is -0.145. The number of carboxylic acids is 2. The lowest BCUT2D eigenvalue weighted by atomic mass is 10.1. The number of ether oxygens (including phenoxy) is 3. The van der Waals surface area contributed by atoms with Crippen LogP contribution in [-0.4, -0.2) is 69.2 Å². The smallest absolute Gasteiger partial charge is 0.306 e. The van der Waals surface area contributed by atoms with E-state index in [1.165, 1.54) is 31.9 Å². The quantitative estimate of drug-likeness (QED) is 0.290. The van der Waals surface area contributed by atoms with Crippen molar-refractivity contribution in [2.75, 3.05) is 20.3 Å². The fraction of sp³-hybridized carbons (Fsp3) is 0.467. The molecule has 0 aliphatic carbocycles. The second-order valence-corrected chi connectivity index (χ2v) is 10.9. The first kappa shape index (κ1) is 31.4. The number of phenols is 1. The lowest BCUT2D eigenvalue weighted by Gasteiger charge is -2.16. The van der Waals surface area contributed by atoms with Crippen LogP contribution in [0.4, 0.5) is 4.39 Å². The van der Waals surface area contributed by atoms with Crippen molar-refractivity contribution in [2.24, 2.45) is 11.8 Å². The van der Waals surface area contributed by atoms with Gasteiger partial charge in [-0.15, -0.1) is 0 Å². The monoisotopic (exact) mass is 602 g/mol. The molecule has 2 atom stereocenters. The molecule has 0 aromatic heterocycles. The Balaban J connectivity index is 1.31. The van der Waals surface area contributed by atoms with Gasteiger partial charge in [-0.25, -0.2) is 4.39 Å². The number of nitrogens with zero attached hydrogens (tertiary/aromatic N) is 2. The van der Waals surface area contributed by atoms with Gasteiger partial charge in [-0.05, 0) is 34.9 Å². The molecule has 232 valence electrons. The van der Waals surface area contributed by atoms with E-state index in [4.69, 9.17) is 24.4 Å². The third-order valence-electron chi connectivity index (χ3n) is 7.62. The van der Waals surface area contributed by atoms with Gasteiger partial charge in [-0.1, -0.05) is 13.8 Å². The second-order valence-electron chi connectivity index (χ2n) is 10.9. The number of carbonyl (C=O) groups is 4. The molecule has 13 heteroatoms. The number of hydrogen-bond donors (Lipinski definition) is 3. The molecule has 3 N–H and O–H groups in total. The molecule has 2 aromatic rings. The molecule has 43 heavy (non-hydrogen) atoms. The van der Waals surface area contributed by atoms with Gasteiger partial charge in [0.1, 0.15) is 0 Å². The highest BCUT2D eigenvalue weighted by atomic mass is 19.1. The second kappa shape index (κ2) is 13.2. The van der Waals surface area contributed by atoms with Crippen LogP contribution in [-0.2, 0) is 45.4 Å². The zero-order valence-electron chi connectivity index (χ0n) is 24.2. The van der Waals surface area contributed by atoms with E-state index in [-0.39, 0.29) is 56.4 Å². The number of methoxy groups -OCH3 is 1. The van der Waals surface area contributed by atoms with Crippen LogP contribution in [0.3, 0.4) is 0 Å². The molecule has 0 saturated heterocycles. The summed E-state index contributed by atoms with van der Waals surface area (Å²) in [5, 5.41) is 28.5. The van der Waals surface area contributed by atoms with Crippen LogP contribution in [0.25, 0.3) is 0 Å². The minimum Gasteiger partial charge on any atom is -0.504 e. The van der Waals surface area contributed by atoms with Gasteiger partial charge in [-0.3, -0.25) is 19.2 Å². The van der Waals surface area contributed by atoms with Gasteiger partial charge < -0.3 is 39.3 Å². The summed E-state index contributed by atoms with van der Waals surface area (Å²) in [6.07, 6.45) is 0.0238. The van der Waals surface area contributed by atoms with Crippen LogP contribution in [0.2, 0.25) is 0 Å². The number of hydrogen-bond acceptors (Lipinski definition) is 8. The number of amides is 2. The Morgan fingerprint density at radius 3 is 1.88 bits per heavy atom. The predicted molar refractivity (Wildman–Crippen MR) is 148 cm³/mol. The number of carbonyl (C=O) groups excluding carboxylic acids is 2. The van der Waals surface area contributed by atoms with Crippen LogP contribution >= 0.6 is 0 Å². The Kier molecular flexibility index (Phi) is 9.62. The molecule has 0 fully saturated rings. The van der Waals surface area contributed by atoms with Gasteiger partial charge in [-0.2, -0.15) is 0 Å². The van der Waals surface area contributed by atoms with E-state index in [0.29, 0.717) is 36.6 Å². The summed E-state index contributed by atoms with van der Waals surface area (Å²) in [6, 6.07) is 4.91. The first-order chi connectivity index (χ1) is 20.4. The molecule has 2 aliphatic rings. The maximum absolute atomic E-state index is 15.2. The third-order valence-corrected chi connectivity index (χ3v) is 7.62. The Morgan fingerprint density at radius 2 is 1.33 bits per heavy atom. The fourth-order valence-corrected chi connectivity index (χ4v) is 5.01. The number of fused-ring (bicyclic) bond motifs is 2. The van der Waals surface area contributed by atoms with Gasteiger partial charge in [0.05, 0.1) is 32.2 Å². The van der Waals surface area contributed by atoms with Crippen LogP contribution in [0.1, 0.15) is 55.4 Å². The lowest BCUT2D eigenvalue weighted by Crippen LogP contribution is -2.28. The Labute approximate surface area is 247 Å². The first-order valence-electron chi connectivity index (χ1n) is 13.9. The molecule has 2 aliphatic heterocycles. The molecule has 0 spiro atoms. The topological polar surface area (TPSA) is 163 Å². The summed E-state index contributed by atoms with van der Waals surface area (Å²) in [5.74, 6) is -5.02. The molecule has 2 heterocycles. The number of halogens is 1. The standard InChI is InChI=1S/C30H35FN2O10/c1-16(29(37)38)7-25(35)32-12-18-10-23(41-3)24(11-19(18)13-32)42-5-4-6-43-28-22(34)9-20-14-33(15-21(20)27(28)31)26(36)8-17(2)30(39)40/h9-11,16-17,34H,4-8,12-15H2,1-3H3,(H,37,38)(H,39,40). The zero-order valence-corrected chi connectivity index (χ0v) is 24.2. The van der Waals surface area contributed by atoms with Gasteiger partial charge in [0.2, 0.25) is 11.8 Å². The van der Waals surface area contributed by atoms with E-state index in [0.717, 1.165) is 11.1 Å². The molecule has 0 radical (unpaired) electrons. The van der Waals surface area contributed by atoms with E-state index in [2.05, 4.69) is 0 Å². The summed E-state index contributed by atoms with van der Waals surface area (Å²) < 4.78 is 32.1. The first-order valence-corrected chi connectivity index (χ1v) is 13.9. The molecule has 12 nitrogen and oxygen atoms in total. The Hall–Kier alpha value is -4.55. The molecule has 4 rings (SSSR count). The maximum atomic E-state index is 15.2. The SMILES string of the molecule is COc1cc2c(cc1OCCCOc1c(O)cc3c(c1F)CN(C(=O)CC(C)C(=O)O)C3)CN(C(=O)CC(C)C(=O)O)C2. The van der Waals surface area contributed by atoms with Crippen molar-refractivity contribution in [1.29, 1.82) is 0 Å². The van der Waals surface area contributed by atoms with Crippen LogP contribution in [0.15, 0.2) is 18.2 Å². The van der Waals surface area contributed by atoms with Crippen molar-refractivity contribution in [1.82, 2.24) is 9.80 Å². The van der Waals surface area contributed by atoms with Crippen molar-refractivity contribution in [2.45, 2.75) is 59.3 Å². The summed E-state index contributed by atoms with van der Waals surface area (Å²) in [4.78, 5) is 50.1. The Morgan fingerprint density at radius 1 is 0.814 bits per heavy atom. The van der Waals surface area contributed by atoms with Crippen molar-refractivity contribution in [3.63, 3.8) is 0 Å². The van der Waals surface area contributed by atoms with Crippen molar-refractivity contribution in [3.8, 4) is 23.0 Å². The van der Waals surface area contributed by atoms with Crippen LogP contribution in [0, 0.1) is 17.7 Å². The molecule has 2 aromatic carbocycles. The van der Waals surface area contributed by atoms with E-state index in [9.17, 15) is 24.3 Å². The van der Waals surface area contributed by atoms with E-state index < -0.39 is 41.2 Å². The molecule has 2 amide bonds. The van der Waals surface area contributed by atoms with Crippen LogP contribution in [0.5, 0.6) is 23.0 Å². The number of benzene rings is 2. The zero-order chi connectivity index (χ0) is 31.4. The number of rotatable bonds is 13. The van der Waals surface area contributed by atoms with Gasteiger partial charge in [0.15, 0.2) is 28.8 Å².